The molecule has 4 saturated heterocycles. The van der Waals surface area contributed by atoms with Gasteiger partial charge in [0.25, 0.3) is 0 Å². The first-order valence-corrected chi connectivity index (χ1v) is 9.51. The average Bonchev–Trinajstić information content (AvgIpc) is 2.89. The van der Waals surface area contributed by atoms with Crippen molar-refractivity contribution in [1.82, 2.24) is 9.80 Å². The number of fused-ring (bicyclic) bond motifs is 4. The van der Waals surface area contributed by atoms with Crippen LogP contribution in [0.4, 0.5) is 5.69 Å². The molecule has 130 valence electrons. The average molecular weight is 348 g/mol. The third kappa shape index (κ3) is 3.02. The molecule has 1 amide bonds. The molecule has 4 nitrogen and oxygen atoms in total. The smallest absolute Gasteiger partial charge is 0.227 e. The van der Waals surface area contributed by atoms with Gasteiger partial charge >= 0.3 is 0 Å². The number of benzene rings is 1. The predicted octanol–water partition coefficient (Wildman–Crippen LogP) is 2.86. The van der Waals surface area contributed by atoms with Crippen LogP contribution in [0.15, 0.2) is 24.3 Å². The van der Waals surface area contributed by atoms with Gasteiger partial charge in [-0.2, -0.15) is 0 Å². The Morgan fingerprint density at radius 3 is 2.58 bits per heavy atom. The molecule has 0 N–H and O–H groups in total. The van der Waals surface area contributed by atoms with Gasteiger partial charge in [0.1, 0.15) is 0 Å². The van der Waals surface area contributed by atoms with Gasteiger partial charge in [-0.1, -0.05) is 17.7 Å². The van der Waals surface area contributed by atoms with Crippen molar-refractivity contribution in [3.8, 4) is 0 Å². The van der Waals surface area contributed by atoms with Crippen molar-refractivity contribution in [1.29, 1.82) is 0 Å². The lowest BCUT2D eigenvalue weighted by Gasteiger charge is -2.39. The Bertz CT molecular complexity index is 614. The number of halogens is 1. The maximum absolute atomic E-state index is 12.4. The van der Waals surface area contributed by atoms with E-state index in [0.717, 1.165) is 37.6 Å². The number of anilines is 1. The zero-order chi connectivity index (χ0) is 16.7. The zero-order valence-electron chi connectivity index (χ0n) is 14.3. The number of carbonyl (C=O) groups excluding carboxylic acids is 1. The number of carbonyl (C=O) groups is 1. The van der Waals surface area contributed by atoms with Gasteiger partial charge in [-0.25, -0.2) is 0 Å². The number of piperidine rings is 2. The molecule has 2 bridgehead atoms. The Morgan fingerprint density at radius 1 is 1.04 bits per heavy atom. The van der Waals surface area contributed by atoms with Crippen molar-refractivity contribution in [3.05, 3.63) is 29.3 Å². The quantitative estimate of drug-likeness (QED) is 0.823. The number of rotatable bonds is 2. The van der Waals surface area contributed by atoms with Crippen LogP contribution in [0.5, 0.6) is 0 Å². The number of nitrogens with zero attached hydrogens (tertiary/aromatic N) is 3. The maximum atomic E-state index is 12.4. The SMILES string of the molecule is CN1C(=O)[C@@H]2CC[C@H]1CN(C1CCN(c3cccc(Cl)c3)CC1)C2. The van der Waals surface area contributed by atoms with Gasteiger partial charge in [0.15, 0.2) is 0 Å². The molecule has 0 radical (unpaired) electrons. The van der Waals surface area contributed by atoms with Gasteiger partial charge in [0.2, 0.25) is 5.91 Å². The van der Waals surface area contributed by atoms with E-state index in [1.165, 1.54) is 24.9 Å². The van der Waals surface area contributed by atoms with E-state index in [1.807, 2.05) is 24.1 Å². The highest BCUT2D eigenvalue weighted by Crippen LogP contribution is 2.32. The van der Waals surface area contributed by atoms with Crippen molar-refractivity contribution in [2.24, 2.45) is 5.92 Å². The highest BCUT2D eigenvalue weighted by Gasteiger charge is 2.40. The minimum atomic E-state index is 0.222. The van der Waals surface area contributed by atoms with Crippen molar-refractivity contribution in [3.63, 3.8) is 0 Å². The molecule has 4 fully saturated rings. The fourth-order valence-corrected chi connectivity index (χ4v) is 4.83. The van der Waals surface area contributed by atoms with Crippen molar-refractivity contribution >= 4 is 23.2 Å². The van der Waals surface area contributed by atoms with Crippen LogP contribution in [0.3, 0.4) is 0 Å². The van der Waals surface area contributed by atoms with Crippen LogP contribution in [0.1, 0.15) is 25.7 Å². The van der Waals surface area contributed by atoms with Crippen LogP contribution in [0, 0.1) is 5.92 Å². The fraction of sp³-hybridized carbons (Fsp3) is 0.632. The summed E-state index contributed by atoms with van der Waals surface area (Å²) in [5.41, 5.74) is 1.23. The summed E-state index contributed by atoms with van der Waals surface area (Å²) in [5, 5.41) is 0.806. The summed E-state index contributed by atoms with van der Waals surface area (Å²) in [6.07, 6.45) is 4.59. The van der Waals surface area contributed by atoms with Gasteiger partial charge in [0.05, 0.1) is 5.92 Å². The summed E-state index contributed by atoms with van der Waals surface area (Å²) < 4.78 is 0. The Labute approximate surface area is 149 Å². The molecule has 1 aromatic rings. The Kier molecular flexibility index (Phi) is 4.44. The molecule has 5 heteroatoms. The normalized spacial score (nSPS) is 29.2. The summed E-state index contributed by atoms with van der Waals surface area (Å²) in [6, 6.07) is 9.19. The molecular formula is C19H26ClN3O. The van der Waals surface area contributed by atoms with Crippen LogP contribution in [0.2, 0.25) is 5.02 Å². The van der Waals surface area contributed by atoms with Gasteiger partial charge in [-0.05, 0) is 43.9 Å². The van der Waals surface area contributed by atoms with Gasteiger partial charge in [-0.15, -0.1) is 0 Å². The highest BCUT2D eigenvalue weighted by atomic mass is 35.5. The van der Waals surface area contributed by atoms with Crippen molar-refractivity contribution < 1.29 is 4.79 Å². The Hall–Kier alpha value is -1.26. The van der Waals surface area contributed by atoms with E-state index < -0.39 is 0 Å². The lowest BCUT2D eigenvalue weighted by atomic mass is 9.95. The molecule has 5 rings (SSSR count). The summed E-state index contributed by atoms with van der Waals surface area (Å²) in [5.74, 6) is 0.588. The molecule has 0 spiro atoms. The van der Waals surface area contributed by atoms with Crippen molar-refractivity contribution in [2.45, 2.75) is 37.8 Å². The molecular weight excluding hydrogens is 322 g/mol. The monoisotopic (exact) mass is 347 g/mol. The maximum Gasteiger partial charge on any atom is 0.227 e. The van der Waals surface area contributed by atoms with Crippen LogP contribution in [-0.2, 0) is 4.79 Å². The Morgan fingerprint density at radius 2 is 1.83 bits per heavy atom. The van der Waals surface area contributed by atoms with E-state index in [2.05, 4.69) is 21.9 Å². The molecule has 4 aliphatic rings. The molecule has 0 unspecified atom stereocenters. The third-order valence-electron chi connectivity index (χ3n) is 6.15. The van der Waals surface area contributed by atoms with Crippen LogP contribution >= 0.6 is 11.6 Å². The van der Waals surface area contributed by atoms with Crippen LogP contribution in [-0.4, -0.2) is 61.0 Å². The lowest BCUT2D eigenvalue weighted by Crippen LogP contribution is -2.48. The van der Waals surface area contributed by atoms with E-state index in [1.54, 1.807) is 0 Å². The first-order valence-electron chi connectivity index (χ1n) is 9.13. The van der Waals surface area contributed by atoms with Crippen molar-refractivity contribution in [2.75, 3.05) is 38.1 Å². The van der Waals surface area contributed by atoms with E-state index in [4.69, 9.17) is 11.6 Å². The minimum Gasteiger partial charge on any atom is -0.371 e. The van der Waals surface area contributed by atoms with E-state index in [9.17, 15) is 4.79 Å². The van der Waals surface area contributed by atoms with Gasteiger partial charge in [0, 0.05) is 56.0 Å². The second-order valence-corrected chi connectivity index (χ2v) is 7.97. The number of hydrogen-bond acceptors (Lipinski definition) is 3. The molecule has 0 aromatic heterocycles. The summed E-state index contributed by atoms with van der Waals surface area (Å²) in [7, 11) is 1.99. The first kappa shape index (κ1) is 16.2. The fourth-order valence-electron chi connectivity index (χ4n) is 4.65. The molecule has 0 saturated carbocycles. The highest BCUT2D eigenvalue weighted by molar-refractivity contribution is 6.30. The number of amides is 1. The molecule has 2 atom stereocenters. The summed E-state index contributed by atoms with van der Waals surface area (Å²) in [6.45, 7) is 4.16. The van der Waals surface area contributed by atoms with E-state index in [0.29, 0.717) is 18.0 Å². The van der Waals surface area contributed by atoms with Crippen LogP contribution in [0.25, 0.3) is 0 Å². The van der Waals surface area contributed by atoms with Gasteiger partial charge in [-0.3, -0.25) is 9.69 Å². The largest absolute Gasteiger partial charge is 0.371 e. The minimum absolute atomic E-state index is 0.222. The lowest BCUT2D eigenvalue weighted by molar-refractivity contribution is -0.138. The Balaban J connectivity index is 1.40. The molecule has 4 aliphatic heterocycles. The van der Waals surface area contributed by atoms with Gasteiger partial charge < -0.3 is 9.80 Å². The summed E-state index contributed by atoms with van der Waals surface area (Å²) in [4.78, 5) is 19.4. The number of likely N-dealkylation sites (N-methyl/N-ethyl adjacent to an activating group) is 1. The second kappa shape index (κ2) is 6.57. The molecule has 4 heterocycles. The third-order valence-corrected chi connectivity index (χ3v) is 6.38. The van der Waals surface area contributed by atoms with E-state index >= 15 is 0 Å². The predicted molar refractivity (Wildman–Crippen MR) is 97.5 cm³/mol. The van der Waals surface area contributed by atoms with Crippen LogP contribution < -0.4 is 4.90 Å². The van der Waals surface area contributed by atoms with E-state index in [-0.39, 0.29) is 5.92 Å². The second-order valence-electron chi connectivity index (χ2n) is 7.53. The molecule has 24 heavy (non-hydrogen) atoms. The molecule has 1 aromatic carbocycles. The molecule has 0 aliphatic carbocycles. The number of hydrogen-bond donors (Lipinski definition) is 0. The standard InChI is InChI=1S/C19H26ClN3O/c1-21-18-6-5-14(19(21)24)12-23(13-18)16-7-9-22(10-8-16)17-4-2-3-15(20)11-17/h2-4,11,14,16,18H,5-10,12-13H2,1H3/t14-,18+/m1/s1. The first-order chi connectivity index (χ1) is 11.6. The zero-order valence-corrected chi connectivity index (χ0v) is 15.1. The topological polar surface area (TPSA) is 26.8 Å². The summed E-state index contributed by atoms with van der Waals surface area (Å²) >= 11 is 6.13.